The summed E-state index contributed by atoms with van der Waals surface area (Å²) >= 11 is 11.1. The molecule has 0 heterocycles. The van der Waals surface area contributed by atoms with Crippen molar-refractivity contribution in [3.05, 3.63) is 59.1 Å². The van der Waals surface area contributed by atoms with Gasteiger partial charge in [0.15, 0.2) is 5.11 Å². The summed E-state index contributed by atoms with van der Waals surface area (Å²) in [5.41, 5.74) is 0.963. The summed E-state index contributed by atoms with van der Waals surface area (Å²) < 4.78 is 27.3. The first kappa shape index (κ1) is 22.7. The maximum absolute atomic E-state index is 12.9. The number of nitrogens with one attached hydrogen (secondary N) is 2. The Labute approximate surface area is 187 Å². The van der Waals surface area contributed by atoms with E-state index in [4.69, 9.17) is 23.8 Å². The monoisotopic (exact) mass is 465 g/mol. The molecule has 2 N–H and O–H groups in total. The van der Waals surface area contributed by atoms with Gasteiger partial charge in [0, 0.05) is 29.4 Å². The molecular formula is C21H24ClN3O3S2. The first-order valence-electron chi connectivity index (χ1n) is 9.73. The van der Waals surface area contributed by atoms with Gasteiger partial charge in [0.25, 0.3) is 5.91 Å². The highest BCUT2D eigenvalue weighted by Crippen LogP contribution is 2.27. The minimum Gasteiger partial charge on any atom is -0.332 e. The molecule has 6 nitrogen and oxygen atoms in total. The number of carbonyl (C=O) groups excluding carboxylic acids is 1. The molecule has 0 atom stereocenters. The second-order valence-corrected chi connectivity index (χ2v) is 10.1. The second-order valence-electron chi connectivity index (χ2n) is 7.26. The van der Waals surface area contributed by atoms with E-state index in [0.717, 1.165) is 25.7 Å². The van der Waals surface area contributed by atoms with Crippen molar-refractivity contribution in [2.24, 2.45) is 0 Å². The van der Waals surface area contributed by atoms with E-state index in [9.17, 15) is 13.2 Å². The Hall–Kier alpha value is -2.00. The Morgan fingerprint density at radius 3 is 2.40 bits per heavy atom. The molecule has 0 spiro atoms. The average molecular weight is 466 g/mol. The third kappa shape index (κ3) is 5.57. The minimum atomic E-state index is -3.55. The lowest BCUT2D eigenvalue weighted by Crippen LogP contribution is -2.38. The molecule has 2 aromatic rings. The van der Waals surface area contributed by atoms with Crippen LogP contribution in [0, 0.1) is 0 Å². The van der Waals surface area contributed by atoms with Gasteiger partial charge in [-0.25, -0.2) is 8.42 Å². The fourth-order valence-electron chi connectivity index (χ4n) is 3.48. The number of sulfonamides is 1. The van der Waals surface area contributed by atoms with Crippen LogP contribution in [0.4, 0.5) is 5.69 Å². The SMILES string of the molecule is CN(C1CCCCC1)S(=O)(=O)c1ccc(NC(=S)NC(=O)c2cccc(Cl)c2)cc1. The van der Waals surface area contributed by atoms with E-state index < -0.39 is 10.0 Å². The quantitative estimate of drug-likeness (QED) is 0.639. The van der Waals surface area contributed by atoms with Crippen LogP contribution < -0.4 is 10.6 Å². The fraction of sp³-hybridized carbons (Fsp3) is 0.333. The maximum Gasteiger partial charge on any atom is 0.257 e. The van der Waals surface area contributed by atoms with Crippen LogP contribution in [0.1, 0.15) is 42.5 Å². The smallest absolute Gasteiger partial charge is 0.257 e. The van der Waals surface area contributed by atoms with E-state index >= 15 is 0 Å². The maximum atomic E-state index is 12.9. The van der Waals surface area contributed by atoms with E-state index in [0.29, 0.717) is 16.3 Å². The highest BCUT2D eigenvalue weighted by molar-refractivity contribution is 7.89. The number of carbonyl (C=O) groups is 1. The third-order valence-corrected chi connectivity index (χ3v) is 7.56. The van der Waals surface area contributed by atoms with Crippen LogP contribution in [0.15, 0.2) is 53.4 Å². The highest BCUT2D eigenvalue weighted by atomic mass is 35.5. The van der Waals surface area contributed by atoms with E-state index in [1.165, 1.54) is 10.7 Å². The van der Waals surface area contributed by atoms with Gasteiger partial charge in [-0.05, 0) is 67.5 Å². The Morgan fingerprint density at radius 2 is 1.77 bits per heavy atom. The summed E-state index contributed by atoms with van der Waals surface area (Å²) in [7, 11) is -1.90. The molecule has 9 heteroatoms. The van der Waals surface area contributed by atoms with Gasteiger partial charge in [-0.3, -0.25) is 10.1 Å². The lowest BCUT2D eigenvalue weighted by Gasteiger charge is -2.30. The summed E-state index contributed by atoms with van der Waals surface area (Å²) in [5, 5.41) is 6.02. The van der Waals surface area contributed by atoms with Crippen molar-refractivity contribution in [3.63, 3.8) is 0 Å². The van der Waals surface area contributed by atoms with Gasteiger partial charge < -0.3 is 5.32 Å². The van der Waals surface area contributed by atoms with Crippen molar-refractivity contribution < 1.29 is 13.2 Å². The third-order valence-electron chi connectivity index (χ3n) is 5.19. The van der Waals surface area contributed by atoms with Crippen LogP contribution in [0.3, 0.4) is 0 Å². The molecule has 0 bridgehead atoms. The number of hydrogen-bond donors (Lipinski definition) is 2. The molecule has 0 saturated heterocycles. The Balaban J connectivity index is 1.62. The van der Waals surface area contributed by atoms with Crippen molar-refractivity contribution in [1.29, 1.82) is 0 Å². The van der Waals surface area contributed by atoms with Crippen molar-refractivity contribution in [2.75, 3.05) is 12.4 Å². The van der Waals surface area contributed by atoms with E-state index in [1.807, 2.05) is 0 Å². The van der Waals surface area contributed by atoms with E-state index in [1.54, 1.807) is 55.6 Å². The summed E-state index contributed by atoms with van der Waals surface area (Å²) in [5.74, 6) is -0.386. The molecule has 1 aliphatic carbocycles. The molecule has 30 heavy (non-hydrogen) atoms. The molecule has 0 aliphatic heterocycles. The van der Waals surface area contributed by atoms with Crippen LogP contribution in [0.2, 0.25) is 5.02 Å². The topological polar surface area (TPSA) is 78.5 Å². The lowest BCUT2D eigenvalue weighted by molar-refractivity contribution is 0.0977. The van der Waals surface area contributed by atoms with Crippen LogP contribution in [0.25, 0.3) is 0 Å². The van der Waals surface area contributed by atoms with Gasteiger partial charge in [0.2, 0.25) is 10.0 Å². The van der Waals surface area contributed by atoms with Gasteiger partial charge >= 0.3 is 0 Å². The van der Waals surface area contributed by atoms with Crippen LogP contribution in [-0.4, -0.2) is 36.8 Å². The molecule has 3 rings (SSSR count). The van der Waals surface area contributed by atoms with Crippen molar-refractivity contribution in [1.82, 2.24) is 9.62 Å². The first-order chi connectivity index (χ1) is 14.3. The van der Waals surface area contributed by atoms with Crippen LogP contribution >= 0.6 is 23.8 Å². The predicted molar refractivity (Wildman–Crippen MR) is 123 cm³/mol. The summed E-state index contributed by atoms with van der Waals surface area (Å²) in [6, 6.07) is 12.9. The zero-order valence-electron chi connectivity index (χ0n) is 16.6. The standard InChI is InChI=1S/C21H24ClN3O3S2/c1-25(18-8-3-2-4-9-18)30(27,28)19-12-10-17(11-13-19)23-21(29)24-20(26)15-6-5-7-16(22)14-15/h5-7,10-14,18H,2-4,8-9H2,1H3,(H2,23,24,26,29). The molecule has 160 valence electrons. The molecule has 1 aliphatic rings. The van der Waals surface area contributed by atoms with Gasteiger partial charge in [0.05, 0.1) is 4.90 Å². The zero-order valence-corrected chi connectivity index (χ0v) is 19.0. The molecule has 0 aromatic heterocycles. The molecule has 1 fully saturated rings. The number of anilines is 1. The zero-order chi connectivity index (χ0) is 21.7. The summed E-state index contributed by atoms with van der Waals surface area (Å²) in [6.45, 7) is 0. The molecule has 1 amide bonds. The number of nitrogens with zero attached hydrogens (tertiary/aromatic N) is 1. The second kappa shape index (κ2) is 9.87. The van der Waals surface area contributed by atoms with E-state index in [-0.39, 0.29) is 22.0 Å². The minimum absolute atomic E-state index is 0.0517. The molecule has 1 saturated carbocycles. The van der Waals surface area contributed by atoms with Gasteiger partial charge in [-0.1, -0.05) is 36.9 Å². The largest absolute Gasteiger partial charge is 0.332 e. The molecule has 2 aromatic carbocycles. The number of halogens is 1. The Morgan fingerprint density at radius 1 is 1.10 bits per heavy atom. The summed E-state index contributed by atoms with van der Waals surface area (Å²) in [4.78, 5) is 12.5. The van der Waals surface area contributed by atoms with Crippen molar-refractivity contribution >= 4 is 50.5 Å². The van der Waals surface area contributed by atoms with Crippen molar-refractivity contribution in [3.8, 4) is 0 Å². The number of hydrogen-bond acceptors (Lipinski definition) is 4. The van der Waals surface area contributed by atoms with Gasteiger partial charge in [0.1, 0.15) is 0 Å². The van der Waals surface area contributed by atoms with Crippen LogP contribution in [-0.2, 0) is 10.0 Å². The van der Waals surface area contributed by atoms with E-state index in [2.05, 4.69) is 10.6 Å². The normalized spacial score (nSPS) is 15.0. The first-order valence-corrected chi connectivity index (χ1v) is 12.0. The van der Waals surface area contributed by atoms with Crippen molar-refractivity contribution in [2.45, 2.75) is 43.0 Å². The number of thiocarbonyl (C=S) groups is 1. The summed E-state index contributed by atoms with van der Waals surface area (Å²) in [6.07, 6.45) is 5.09. The molecule has 0 radical (unpaired) electrons. The Kier molecular flexibility index (Phi) is 7.46. The molecule has 0 unspecified atom stereocenters. The number of rotatable bonds is 5. The van der Waals surface area contributed by atoms with Gasteiger partial charge in [-0.2, -0.15) is 4.31 Å². The number of benzene rings is 2. The molecular weight excluding hydrogens is 442 g/mol. The average Bonchev–Trinajstić information content (AvgIpc) is 2.74. The predicted octanol–water partition coefficient (Wildman–Crippen LogP) is 4.42. The van der Waals surface area contributed by atoms with Crippen LogP contribution in [0.5, 0.6) is 0 Å². The number of amides is 1. The van der Waals surface area contributed by atoms with Gasteiger partial charge in [-0.15, -0.1) is 0 Å². The lowest BCUT2D eigenvalue weighted by atomic mass is 9.96. The Bertz CT molecular complexity index is 1020. The highest BCUT2D eigenvalue weighted by Gasteiger charge is 2.28. The fourth-order valence-corrected chi connectivity index (χ4v) is 5.30.